The van der Waals surface area contributed by atoms with Gasteiger partial charge in [-0.1, -0.05) is 44.2 Å². The first-order valence-electron chi connectivity index (χ1n) is 5.64. The highest BCUT2D eigenvalue weighted by Crippen LogP contribution is 2.21. The Balaban J connectivity index is 0.00000106. The van der Waals surface area contributed by atoms with Crippen LogP contribution in [0.5, 0.6) is 0 Å². The molecule has 0 aliphatic rings. The van der Waals surface area contributed by atoms with Crippen LogP contribution in [0.2, 0.25) is 0 Å². The van der Waals surface area contributed by atoms with Crippen LogP contribution in [0, 0.1) is 17.2 Å². The van der Waals surface area contributed by atoms with Crippen molar-refractivity contribution >= 4 is 0 Å². The Morgan fingerprint density at radius 1 is 1.19 bits per heavy atom. The first-order chi connectivity index (χ1) is 7.64. The number of hydrogen-bond acceptors (Lipinski definition) is 2. The monoisotopic (exact) mass is 218 g/mol. The van der Waals surface area contributed by atoms with Gasteiger partial charge >= 0.3 is 0 Å². The van der Waals surface area contributed by atoms with Crippen LogP contribution in [0.15, 0.2) is 30.3 Å². The summed E-state index contributed by atoms with van der Waals surface area (Å²) in [6.45, 7) is 8.75. The molecule has 2 heteroatoms. The van der Waals surface area contributed by atoms with E-state index in [1.807, 2.05) is 0 Å². The Bertz CT molecular complexity index is 288. The fourth-order valence-corrected chi connectivity index (χ4v) is 1.52. The Kier molecular flexibility index (Phi) is 7.24. The van der Waals surface area contributed by atoms with Crippen molar-refractivity contribution in [3.63, 3.8) is 0 Å². The largest absolute Gasteiger partial charge is 0.330 e. The maximum atomic E-state index is 6.50. The summed E-state index contributed by atoms with van der Waals surface area (Å²) in [4.78, 5) is 0. The van der Waals surface area contributed by atoms with Crippen molar-refractivity contribution in [2.24, 2.45) is 11.1 Å². The highest BCUT2D eigenvalue weighted by molar-refractivity contribution is 5.14. The number of nitrogens with zero attached hydrogens (tertiary/aromatic N) is 1. The molecule has 0 radical (unpaired) electrons. The summed E-state index contributed by atoms with van der Waals surface area (Å²) in [5, 5.41) is 6.50. The maximum absolute atomic E-state index is 6.50. The fourth-order valence-electron chi connectivity index (χ4n) is 1.52. The lowest BCUT2D eigenvalue weighted by Crippen LogP contribution is -2.23. The third-order valence-corrected chi connectivity index (χ3v) is 2.71. The number of benzene rings is 1. The quantitative estimate of drug-likeness (QED) is 0.825. The molecule has 2 nitrogen and oxygen atoms in total. The molecule has 2 N–H and O–H groups in total. The maximum Gasteiger partial charge on any atom is 0.0462 e. The molecule has 0 aromatic heterocycles. The van der Waals surface area contributed by atoms with Gasteiger partial charge in [-0.05, 0) is 36.8 Å². The molecule has 0 aliphatic carbocycles. The van der Waals surface area contributed by atoms with E-state index in [0.29, 0.717) is 5.41 Å². The SMILES string of the molecule is C#N.CC(C)(CN)CCCc1ccccc1. The Hall–Kier alpha value is -1.33. The lowest BCUT2D eigenvalue weighted by molar-refractivity contribution is 0.337. The van der Waals surface area contributed by atoms with Crippen LogP contribution in [-0.2, 0) is 6.42 Å². The molecular formula is C14H22N2. The highest BCUT2D eigenvalue weighted by atomic mass is 14.6. The van der Waals surface area contributed by atoms with Crippen molar-refractivity contribution in [3.05, 3.63) is 35.9 Å². The molecule has 0 aliphatic heterocycles. The molecule has 0 saturated heterocycles. The molecule has 0 unspecified atom stereocenters. The van der Waals surface area contributed by atoms with Gasteiger partial charge in [0.25, 0.3) is 0 Å². The normalized spacial score (nSPS) is 10.3. The van der Waals surface area contributed by atoms with E-state index < -0.39 is 0 Å². The molecule has 0 atom stereocenters. The van der Waals surface area contributed by atoms with E-state index >= 15 is 0 Å². The number of aryl methyl sites for hydroxylation is 1. The molecule has 1 rings (SSSR count). The van der Waals surface area contributed by atoms with Gasteiger partial charge in [-0.25, -0.2) is 5.26 Å². The van der Waals surface area contributed by atoms with Crippen LogP contribution >= 0.6 is 0 Å². The van der Waals surface area contributed by atoms with Crippen LogP contribution in [0.25, 0.3) is 0 Å². The van der Waals surface area contributed by atoms with E-state index in [1.165, 1.54) is 24.8 Å². The minimum atomic E-state index is 0.300. The molecule has 0 amide bonds. The second-order valence-electron chi connectivity index (χ2n) is 4.71. The zero-order valence-electron chi connectivity index (χ0n) is 10.3. The van der Waals surface area contributed by atoms with Gasteiger partial charge in [0, 0.05) is 6.57 Å². The molecule has 0 fully saturated rings. The van der Waals surface area contributed by atoms with Gasteiger partial charge in [-0.3, -0.25) is 0 Å². The van der Waals surface area contributed by atoms with Gasteiger partial charge in [-0.2, -0.15) is 0 Å². The lowest BCUT2D eigenvalue weighted by atomic mass is 9.87. The number of rotatable bonds is 5. The summed E-state index contributed by atoms with van der Waals surface area (Å²) in [6, 6.07) is 10.6. The topological polar surface area (TPSA) is 49.8 Å². The minimum Gasteiger partial charge on any atom is -0.330 e. The lowest BCUT2D eigenvalue weighted by Gasteiger charge is -2.21. The van der Waals surface area contributed by atoms with Crippen molar-refractivity contribution in [2.45, 2.75) is 33.1 Å². The molecule has 1 aromatic carbocycles. The van der Waals surface area contributed by atoms with Gasteiger partial charge in [0.05, 0.1) is 0 Å². The van der Waals surface area contributed by atoms with Crippen molar-refractivity contribution in [3.8, 4) is 6.57 Å². The number of hydrogen-bond donors (Lipinski definition) is 1. The number of nitrogens with two attached hydrogens (primary N) is 1. The minimum absolute atomic E-state index is 0.300. The van der Waals surface area contributed by atoms with E-state index in [0.717, 1.165) is 6.54 Å². The van der Waals surface area contributed by atoms with Crippen LogP contribution in [0.1, 0.15) is 32.3 Å². The average molecular weight is 218 g/mol. The Morgan fingerprint density at radius 3 is 2.25 bits per heavy atom. The highest BCUT2D eigenvalue weighted by Gasteiger charge is 2.14. The second-order valence-corrected chi connectivity index (χ2v) is 4.71. The van der Waals surface area contributed by atoms with Crippen LogP contribution in [-0.4, -0.2) is 6.54 Å². The first kappa shape index (κ1) is 14.7. The van der Waals surface area contributed by atoms with E-state index in [9.17, 15) is 0 Å². The standard InChI is InChI=1S/C13H21N.CHN/c1-13(2,11-14)10-6-9-12-7-4-3-5-8-12;1-2/h3-5,7-8H,6,9-11,14H2,1-2H3;1H. The molecule has 1 aromatic rings. The van der Waals surface area contributed by atoms with E-state index in [4.69, 9.17) is 11.0 Å². The summed E-state index contributed by atoms with van der Waals surface area (Å²) in [7, 11) is 0. The Labute approximate surface area is 99.1 Å². The van der Waals surface area contributed by atoms with Gasteiger partial charge < -0.3 is 5.73 Å². The predicted molar refractivity (Wildman–Crippen MR) is 68.9 cm³/mol. The smallest absolute Gasteiger partial charge is 0.0462 e. The predicted octanol–water partition coefficient (Wildman–Crippen LogP) is 3.13. The Morgan fingerprint density at radius 2 is 1.75 bits per heavy atom. The summed E-state index contributed by atoms with van der Waals surface area (Å²) in [5.41, 5.74) is 7.42. The zero-order valence-corrected chi connectivity index (χ0v) is 10.3. The van der Waals surface area contributed by atoms with Crippen molar-refractivity contribution < 1.29 is 0 Å². The average Bonchev–Trinajstić information content (AvgIpc) is 2.33. The molecule has 0 bridgehead atoms. The molecule has 88 valence electrons. The van der Waals surface area contributed by atoms with Crippen LogP contribution in [0.4, 0.5) is 0 Å². The van der Waals surface area contributed by atoms with Crippen LogP contribution < -0.4 is 5.73 Å². The van der Waals surface area contributed by atoms with E-state index in [1.54, 1.807) is 0 Å². The van der Waals surface area contributed by atoms with Crippen molar-refractivity contribution in [1.29, 1.82) is 5.26 Å². The van der Waals surface area contributed by atoms with E-state index in [2.05, 4.69) is 50.8 Å². The summed E-state index contributed by atoms with van der Waals surface area (Å²) < 4.78 is 0. The third kappa shape index (κ3) is 6.21. The van der Waals surface area contributed by atoms with Crippen molar-refractivity contribution in [1.82, 2.24) is 0 Å². The van der Waals surface area contributed by atoms with Crippen LogP contribution in [0.3, 0.4) is 0 Å². The summed E-state index contributed by atoms with van der Waals surface area (Å²) in [5.74, 6) is 0. The molecule has 16 heavy (non-hydrogen) atoms. The summed E-state index contributed by atoms with van der Waals surface area (Å²) in [6.07, 6.45) is 3.61. The first-order valence-corrected chi connectivity index (χ1v) is 5.64. The van der Waals surface area contributed by atoms with Gasteiger partial charge in [0.2, 0.25) is 0 Å². The van der Waals surface area contributed by atoms with E-state index in [-0.39, 0.29) is 0 Å². The van der Waals surface area contributed by atoms with Gasteiger partial charge in [0.1, 0.15) is 0 Å². The molecular weight excluding hydrogens is 196 g/mol. The number of nitriles is 1. The zero-order chi connectivity index (χ0) is 12.4. The van der Waals surface area contributed by atoms with Gasteiger partial charge in [-0.15, -0.1) is 0 Å². The molecule has 0 saturated carbocycles. The second kappa shape index (κ2) is 7.90. The summed E-state index contributed by atoms with van der Waals surface area (Å²) >= 11 is 0. The molecule has 0 spiro atoms. The fraction of sp³-hybridized carbons (Fsp3) is 0.500. The molecule has 0 heterocycles. The van der Waals surface area contributed by atoms with Crippen molar-refractivity contribution in [2.75, 3.05) is 6.54 Å². The van der Waals surface area contributed by atoms with Gasteiger partial charge in [0.15, 0.2) is 0 Å². The third-order valence-electron chi connectivity index (χ3n) is 2.71.